The Labute approximate surface area is 174 Å². The molecule has 3 rings (SSSR count). The second-order valence-electron chi connectivity index (χ2n) is 7.85. The monoisotopic (exact) mass is 435 g/mol. The van der Waals surface area contributed by atoms with Crippen LogP contribution in [0.5, 0.6) is 0 Å². The lowest BCUT2D eigenvalue weighted by atomic mass is 10.1. The van der Waals surface area contributed by atoms with Gasteiger partial charge in [-0.1, -0.05) is 49.7 Å². The van der Waals surface area contributed by atoms with Gasteiger partial charge in [-0.2, -0.15) is 0 Å². The molecule has 0 aromatic heterocycles. The van der Waals surface area contributed by atoms with Crippen LogP contribution in [0, 0.1) is 5.92 Å². The minimum Gasteiger partial charge on any atom is -0.303 e. The smallest absolute Gasteiger partial charge is 0.195 e. The average molecular weight is 436 g/mol. The van der Waals surface area contributed by atoms with Gasteiger partial charge >= 0.3 is 0 Å². The minimum atomic E-state index is -4.05. The molecule has 0 aliphatic carbocycles. The van der Waals surface area contributed by atoms with Crippen LogP contribution < -0.4 is 0 Å². The Morgan fingerprint density at radius 2 is 1.21 bits per heavy atom. The summed E-state index contributed by atoms with van der Waals surface area (Å²) in [5.74, 6) is -0.0601. The first kappa shape index (κ1) is 22.0. The highest BCUT2D eigenvalue weighted by Crippen LogP contribution is 2.30. The highest BCUT2D eigenvalue weighted by Gasteiger charge is 2.40. The summed E-state index contributed by atoms with van der Waals surface area (Å²) in [4.78, 5) is 2.42. The van der Waals surface area contributed by atoms with Gasteiger partial charge in [0.15, 0.2) is 24.3 Å². The third-order valence-electron chi connectivity index (χ3n) is 5.45. The first-order valence-electron chi connectivity index (χ1n) is 10.1. The van der Waals surface area contributed by atoms with E-state index in [1.165, 1.54) is 30.7 Å². The molecule has 1 atom stereocenters. The molecule has 7 heteroatoms. The lowest BCUT2D eigenvalue weighted by Gasteiger charge is -2.30. The zero-order valence-corrected chi connectivity index (χ0v) is 18.4. The molecule has 1 unspecified atom stereocenters. The second-order valence-corrected chi connectivity index (χ2v) is 12.4. The van der Waals surface area contributed by atoms with Crippen LogP contribution in [0.2, 0.25) is 0 Å². The van der Waals surface area contributed by atoms with E-state index in [2.05, 4.69) is 4.90 Å². The molecule has 2 aromatic rings. The van der Waals surface area contributed by atoms with Gasteiger partial charge in [0.25, 0.3) is 0 Å². The van der Waals surface area contributed by atoms with Crippen molar-refractivity contribution in [1.82, 2.24) is 4.90 Å². The Balaban J connectivity index is 1.93. The summed E-state index contributed by atoms with van der Waals surface area (Å²) >= 11 is 0. The van der Waals surface area contributed by atoms with E-state index in [-0.39, 0.29) is 22.1 Å². The van der Waals surface area contributed by atoms with Crippen LogP contribution in [0.25, 0.3) is 0 Å². The summed E-state index contributed by atoms with van der Waals surface area (Å²) in [6, 6.07) is 15.8. The number of benzene rings is 2. The van der Waals surface area contributed by atoms with Crippen molar-refractivity contribution < 1.29 is 16.8 Å². The Bertz CT molecular complexity index is 914. The van der Waals surface area contributed by atoms with E-state index in [1.807, 2.05) is 6.92 Å². The van der Waals surface area contributed by atoms with Gasteiger partial charge < -0.3 is 4.90 Å². The van der Waals surface area contributed by atoms with Crippen LogP contribution in [0.3, 0.4) is 0 Å². The fourth-order valence-electron chi connectivity index (χ4n) is 3.93. The lowest BCUT2D eigenvalue weighted by Crippen LogP contribution is -2.37. The molecule has 1 heterocycles. The van der Waals surface area contributed by atoms with Crippen molar-refractivity contribution in [3.63, 3.8) is 0 Å². The normalized spacial score (nSPS) is 17.3. The first-order chi connectivity index (χ1) is 13.8. The zero-order valence-electron chi connectivity index (χ0n) is 16.8. The largest absolute Gasteiger partial charge is 0.303 e. The maximum Gasteiger partial charge on any atom is 0.195 e. The minimum absolute atomic E-state index is 0.0506. The van der Waals surface area contributed by atoms with Gasteiger partial charge in [0, 0.05) is 6.54 Å². The quantitative estimate of drug-likeness (QED) is 0.631. The van der Waals surface area contributed by atoms with Gasteiger partial charge in [-0.15, -0.1) is 0 Å². The van der Waals surface area contributed by atoms with Gasteiger partial charge in [0.2, 0.25) is 0 Å². The van der Waals surface area contributed by atoms with Gasteiger partial charge in [-0.3, -0.25) is 0 Å². The summed E-state index contributed by atoms with van der Waals surface area (Å²) < 4.78 is 52.0. The summed E-state index contributed by atoms with van der Waals surface area (Å²) in [5.41, 5.74) is 0. The predicted octanol–water partition coefficient (Wildman–Crippen LogP) is 3.77. The SMILES string of the molecule is CC(CC(S(=O)(=O)c1ccccc1)S(=O)(=O)c1ccccc1)CN1CCCCC1. The third kappa shape index (κ3) is 5.27. The molecule has 0 radical (unpaired) electrons. The number of likely N-dealkylation sites (tertiary alicyclic amines) is 1. The number of sulfone groups is 2. The molecule has 0 amide bonds. The Kier molecular flexibility index (Phi) is 7.14. The zero-order chi connectivity index (χ0) is 20.9. The van der Waals surface area contributed by atoms with Crippen molar-refractivity contribution in [3.05, 3.63) is 60.7 Å². The Hall–Kier alpha value is -1.70. The van der Waals surface area contributed by atoms with Gasteiger partial charge in [0.1, 0.15) is 0 Å². The highest BCUT2D eigenvalue weighted by molar-refractivity contribution is 8.09. The average Bonchev–Trinajstić information content (AvgIpc) is 2.74. The lowest BCUT2D eigenvalue weighted by molar-refractivity contribution is 0.198. The van der Waals surface area contributed by atoms with Crippen LogP contribution in [0.15, 0.2) is 70.5 Å². The molecular formula is C22H29NO4S2. The highest BCUT2D eigenvalue weighted by atomic mass is 32.3. The fourth-order valence-corrected chi connectivity index (χ4v) is 8.77. The van der Waals surface area contributed by atoms with Crippen molar-refractivity contribution in [3.8, 4) is 0 Å². The van der Waals surface area contributed by atoms with Crippen molar-refractivity contribution in [2.75, 3.05) is 19.6 Å². The number of rotatable bonds is 8. The predicted molar refractivity (Wildman–Crippen MR) is 115 cm³/mol. The van der Waals surface area contributed by atoms with E-state index in [1.54, 1.807) is 36.4 Å². The number of hydrogen-bond acceptors (Lipinski definition) is 5. The number of nitrogens with zero attached hydrogens (tertiary/aromatic N) is 1. The van der Waals surface area contributed by atoms with E-state index in [4.69, 9.17) is 0 Å². The molecule has 5 nitrogen and oxygen atoms in total. The van der Waals surface area contributed by atoms with Crippen LogP contribution in [0.4, 0.5) is 0 Å². The van der Waals surface area contributed by atoms with Gasteiger partial charge in [-0.25, -0.2) is 16.8 Å². The van der Waals surface area contributed by atoms with Crippen LogP contribution >= 0.6 is 0 Å². The van der Waals surface area contributed by atoms with Gasteiger partial charge in [-0.05, 0) is 62.5 Å². The van der Waals surface area contributed by atoms with Crippen LogP contribution in [-0.4, -0.2) is 46.0 Å². The van der Waals surface area contributed by atoms with E-state index >= 15 is 0 Å². The van der Waals surface area contributed by atoms with Gasteiger partial charge in [0.05, 0.1) is 9.79 Å². The standard InChI is InChI=1S/C22H29NO4S2/c1-19(18-23-15-9-4-10-16-23)17-22(28(24,25)20-11-5-2-6-12-20)29(26,27)21-13-7-3-8-14-21/h2-3,5-8,11-14,19,22H,4,9-10,15-18H2,1H3. The van der Waals surface area contributed by atoms with E-state index in [0.29, 0.717) is 6.54 Å². The molecule has 0 spiro atoms. The molecule has 1 saturated heterocycles. The number of piperidine rings is 1. The molecule has 0 N–H and O–H groups in total. The molecule has 0 bridgehead atoms. The molecule has 158 valence electrons. The van der Waals surface area contributed by atoms with Crippen LogP contribution in [-0.2, 0) is 19.7 Å². The molecule has 1 aliphatic rings. The molecule has 29 heavy (non-hydrogen) atoms. The van der Waals surface area contributed by atoms with Crippen molar-refractivity contribution >= 4 is 19.7 Å². The van der Waals surface area contributed by atoms with Crippen molar-refractivity contribution in [2.24, 2.45) is 5.92 Å². The Morgan fingerprint density at radius 1 is 0.759 bits per heavy atom. The molecule has 1 aliphatic heterocycles. The third-order valence-corrected chi connectivity index (χ3v) is 10.6. The Morgan fingerprint density at radius 3 is 1.66 bits per heavy atom. The fraction of sp³-hybridized carbons (Fsp3) is 0.455. The molecular weight excluding hydrogens is 406 g/mol. The first-order valence-corrected chi connectivity index (χ1v) is 13.2. The van der Waals surface area contributed by atoms with Crippen molar-refractivity contribution in [1.29, 1.82) is 0 Å². The molecule has 2 aromatic carbocycles. The maximum atomic E-state index is 13.4. The summed E-state index contributed by atoms with van der Waals surface area (Å²) in [6.45, 7) is 4.64. The van der Waals surface area contributed by atoms with Crippen molar-refractivity contribution in [2.45, 2.75) is 47.0 Å². The van der Waals surface area contributed by atoms with E-state index in [9.17, 15) is 16.8 Å². The molecule has 1 fully saturated rings. The maximum absolute atomic E-state index is 13.4. The summed E-state index contributed by atoms with van der Waals surface area (Å²) in [5, 5.41) is 0. The second kappa shape index (κ2) is 9.41. The number of hydrogen-bond donors (Lipinski definition) is 0. The summed E-state index contributed by atoms with van der Waals surface area (Å²) in [6.07, 6.45) is 3.57. The topological polar surface area (TPSA) is 71.5 Å². The van der Waals surface area contributed by atoms with Crippen LogP contribution in [0.1, 0.15) is 32.6 Å². The summed E-state index contributed by atoms with van der Waals surface area (Å²) in [7, 11) is -8.10. The van der Waals surface area contributed by atoms with E-state index < -0.39 is 24.3 Å². The van der Waals surface area contributed by atoms with E-state index in [0.717, 1.165) is 25.9 Å². The molecule has 0 saturated carbocycles.